The van der Waals surface area contributed by atoms with Gasteiger partial charge in [0.15, 0.2) is 0 Å². The van der Waals surface area contributed by atoms with Crippen LogP contribution in [-0.2, 0) is 10.2 Å². The third-order valence-corrected chi connectivity index (χ3v) is 6.91. The molecular formula is C30H27F3N6O2. The average Bonchev–Trinajstić information content (AvgIpc) is 3.54. The SMILES string of the molecule is Cc1cc(C)n(-c2ccc(-c3cccc(C(C)(C)C(N)=O)c3)cc2-n2nncc2-c2ccc(OC(F)(F)F)cc2)n1. The predicted molar refractivity (Wildman–Crippen MR) is 148 cm³/mol. The van der Waals surface area contributed by atoms with E-state index in [2.05, 4.69) is 20.1 Å². The number of nitrogens with zero attached hydrogens (tertiary/aromatic N) is 5. The minimum absolute atomic E-state index is 0.329. The molecule has 0 atom stereocenters. The fourth-order valence-corrected chi connectivity index (χ4v) is 4.59. The number of carbonyl (C=O) groups excluding carboxylic acids is 1. The molecule has 0 bridgehead atoms. The van der Waals surface area contributed by atoms with E-state index in [1.54, 1.807) is 23.2 Å². The standard InChI is InChI=1S/C30H27F3N6O2/c1-18-14-19(2)38(36-18)25-13-10-22(21-6-5-7-23(15-21)29(3,4)28(34)40)16-26(25)39-27(17-35-37-39)20-8-11-24(12-9-20)41-30(31,32)33/h5-17H,1-4H3,(H2,34,40). The van der Waals surface area contributed by atoms with Crippen molar-refractivity contribution in [2.45, 2.75) is 39.5 Å². The van der Waals surface area contributed by atoms with Gasteiger partial charge in [-0.3, -0.25) is 4.79 Å². The molecule has 0 saturated carbocycles. The molecular weight excluding hydrogens is 533 g/mol. The summed E-state index contributed by atoms with van der Waals surface area (Å²) in [5.74, 6) is -0.765. The molecule has 0 radical (unpaired) electrons. The lowest BCUT2D eigenvalue weighted by molar-refractivity contribution is -0.274. The zero-order valence-corrected chi connectivity index (χ0v) is 22.8. The number of nitrogens with two attached hydrogens (primary N) is 1. The number of halogens is 3. The lowest BCUT2D eigenvalue weighted by Crippen LogP contribution is -2.35. The summed E-state index contributed by atoms with van der Waals surface area (Å²) in [7, 11) is 0. The van der Waals surface area contributed by atoms with E-state index >= 15 is 0 Å². The summed E-state index contributed by atoms with van der Waals surface area (Å²) in [5.41, 5.74) is 11.5. The van der Waals surface area contributed by atoms with Crippen molar-refractivity contribution in [2.75, 3.05) is 0 Å². The van der Waals surface area contributed by atoms with Gasteiger partial charge in [0.05, 0.1) is 34.4 Å². The van der Waals surface area contributed by atoms with Crippen LogP contribution in [0.1, 0.15) is 30.8 Å². The first-order valence-electron chi connectivity index (χ1n) is 12.7. The number of primary amides is 1. The Bertz CT molecular complexity index is 1740. The van der Waals surface area contributed by atoms with Crippen LogP contribution < -0.4 is 10.5 Å². The lowest BCUT2D eigenvalue weighted by atomic mass is 9.82. The zero-order chi connectivity index (χ0) is 29.5. The smallest absolute Gasteiger partial charge is 0.406 e. The molecule has 0 spiro atoms. The molecule has 11 heteroatoms. The van der Waals surface area contributed by atoms with Gasteiger partial charge in [0.2, 0.25) is 5.91 Å². The first-order valence-corrected chi connectivity index (χ1v) is 12.7. The van der Waals surface area contributed by atoms with Crippen molar-refractivity contribution in [3.8, 4) is 39.5 Å². The second-order valence-corrected chi connectivity index (χ2v) is 10.2. The highest BCUT2D eigenvalue weighted by molar-refractivity contribution is 5.86. The van der Waals surface area contributed by atoms with Crippen LogP contribution in [0.5, 0.6) is 5.75 Å². The van der Waals surface area contributed by atoms with Crippen LogP contribution in [0.15, 0.2) is 79.0 Å². The molecule has 5 rings (SSSR count). The van der Waals surface area contributed by atoms with Crippen molar-refractivity contribution < 1.29 is 22.7 Å². The van der Waals surface area contributed by atoms with E-state index in [1.807, 2.05) is 62.4 Å². The summed E-state index contributed by atoms with van der Waals surface area (Å²) < 4.78 is 45.4. The molecule has 0 saturated heterocycles. The van der Waals surface area contributed by atoms with Crippen molar-refractivity contribution in [1.82, 2.24) is 24.8 Å². The van der Waals surface area contributed by atoms with E-state index in [0.29, 0.717) is 16.9 Å². The number of amides is 1. The van der Waals surface area contributed by atoms with Gasteiger partial charge in [0.25, 0.3) is 0 Å². The number of benzene rings is 3. The molecule has 2 aromatic heterocycles. The Kier molecular flexibility index (Phi) is 6.90. The highest BCUT2D eigenvalue weighted by atomic mass is 19.4. The number of carbonyl (C=O) groups is 1. The highest BCUT2D eigenvalue weighted by Gasteiger charge is 2.31. The van der Waals surface area contributed by atoms with Gasteiger partial charge in [-0.25, -0.2) is 9.36 Å². The minimum atomic E-state index is -4.79. The largest absolute Gasteiger partial charge is 0.573 e. The summed E-state index contributed by atoms with van der Waals surface area (Å²) in [6.07, 6.45) is -3.25. The maximum absolute atomic E-state index is 12.7. The van der Waals surface area contributed by atoms with Crippen molar-refractivity contribution in [1.29, 1.82) is 0 Å². The fourth-order valence-electron chi connectivity index (χ4n) is 4.59. The van der Waals surface area contributed by atoms with Crippen molar-refractivity contribution in [2.24, 2.45) is 5.73 Å². The van der Waals surface area contributed by atoms with Gasteiger partial charge in [-0.2, -0.15) is 5.10 Å². The molecule has 0 aliphatic rings. The first-order chi connectivity index (χ1) is 19.3. The number of hydrogen-bond donors (Lipinski definition) is 1. The van der Waals surface area contributed by atoms with Crippen LogP contribution in [0.25, 0.3) is 33.8 Å². The van der Waals surface area contributed by atoms with Crippen LogP contribution in [0, 0.1) is 13.8 Å². The highest BCUT2D eigenvalue weighted by Crippen LogP contribution is 2.33. The summed E-state index contributed by atoms with van der Waals surface area (Å²) in [6.45, 7) is 7.39. The molecule has 5 aromatic rings. The molecule has 0 aliphatic heterocycles. The Balaban J connectivity index is 1.65. The van der Waals surface area contributed by atoms with Crippen LogP contribution >= 0.6 is 0 Å². The number of rotatable bonds is 7. The predicted octanol–water partition coefficient (Wildman–Crippen LogP) is 6.07. The Hall–Kier alpha value is -4.93. The fraction of sp³-hybridized carbons (Fsp3) is 0.200. The van der Waals surface area contributed by atoms with Crippen molar-refractivity contribution in [3.63, 3.8) is 0 Å². The Morgan fingerprint density at radius 3 is 2.17 bits per heavy atom. The van der Waals surface area contributed by atoms with Crippen molar-refractivity contribution >= 4 is 5.91 Å². The number of aromatic nitrogens is 5. The lowest BCUT2D eigenvalue weighted by Gasteiger charge is -2.22. The van der Waals surface area contributed by atoms with E-state index in [-0.39, 0.29) is 5.75 Å². The summed E-state index contributed by atoms with van der Waals surface area (Å²) in [6, 6.07) is 20.9. The minimum Gasteiger partial charge on any atom is -0.406 e. The molecule has 41 heavy (non-hydrogen) atoms. The van der Waals surface area contributed by atoms with E-state index in [4.69, 9.17) is 5.73 Å². The van der Waals surface area contributed by atoms with Crippen LogP contribution in [-0.4, -0.2) is 37.0 Å². The third kappa shape index (κ3) is 5.56. The second kappa shape index (κ2) is 10.2. The van der Waals surface area contributed by atoms with Gasteiger partial charge in [-0.05, 0) is 86.8 Å². The van der Waals surface area contributed by atoms with E-state index in [1.165, 1.54) is 30.5 Å². The van der Waals surface area contributed by atoms with E-state index in [0.717, 1.165) is 33.8 Å². The normalized spacial score (nSPS) is 12.0. The number of hydrogen-bond acceptors (Lipinski definition) is 5. The van der Waals surface area contributed by atoms with Gasteiger partial charge >= 0.3 is 6.36 Å². The monoisotopic (exact) mass is 560 g/mol. The molecule has 1 amide bonds. The Morgan fingerprint density at radius 1 is 0.854 bits per heavy atom. The Labute approximate surface area is 234 Å². The van der Waals surface area contributed by atoms with Gasteiger partial charge in [-0.1, -0.05) is 35.5 Å². The molecule has 0 unspecified atom stereocenters. The second-order valence-electron chi connectivity index (χ2n) is 10.2. The molecule has 2 N–H and O–H groups in total. The van der Waals surface area contributed by atoms with Gasteiger partial charge in [-0.15, -0.1) is 18.3 Å². The summed E-state index contributed by atoms with van der Waals surface area (Å²) in [4.78, 5) is 12.1. The molecule has 210 valence electrons. The first kappa shape index (κ1) is 27.6. The summed E-state index contributed by atoms with van der Waals surface area (Å²) in [5, 5.41) is 13.1. The van der Waals surface area contributed by atoms with Crippen molar-refractivity contribution in [3.05, 3.63) is 95.9 Å². The number of alkyl halides is 3. The zero-order valence-electron chi connectivity index (χ0n) is 22.8. The van der Waals surface area contributed by atoms with Crippen LogP contribution in [0.2, 0.25) is 0 Å². The third-order valence-electron chi connectivity index (χ3n) is 6.91. The quantitative estimate of drug-likeness (QED) is 0.261. The number of aryl methyl sites for hydroxylation is 2. The molecule has 0 fully saturated rings. The topological polar surface area (TPSA) is 101 Å². The molecule has 2 heterocycles. The molecule has 8 nitrogen and oxygen atoms in total. The van der Waals surface area contributed by atoms with Crippen LogP contribution in [0.3, 0.4) is 0 Å². The van der Waals surface area contributed by atoms with E-state index < -0.39 is 17.7 Å². The Morgan fingerprint density at radius 2 is 1.54 bits per heavy atom. The maximum atomic E-state index is 12.7. The summed E-state index contributed by atoms with van der Waals surface area (Å²) >= 11 is 0. The van der Waals surface area contributed by atoms with Crippen LogP contribution in [0.4, 0.5) is 13.2 Å². The molecule has 0 aliphatic carbocycles. The van der Waals surface area contributed by atoms with Gasteiger partial charge in [0.1, 0.15) is 5.75 Å². The molecule has 3 aromatic carbocycles. The van der Waals surface area contributed by atoms with Gasteiger partial charge < -0.3 is 10.5 Å². The van der Waals surface area contributed by atoms with Gasteiger partial charge in [0, 0.05) is 11.3 Å². The maximum Gasteiger partial charge on any atom is 0.573 e. The van der Waals surface area contributed by atoms with E-state index in [9.17, 15) is 18.0 Å². The number of ether oxygens (including phenoxy) is 1. The average molecular weight is 561 g/mol.